The largest absolute Gasteiger partial charge is 0.416 e. The molecular formula is C16H12F3N3O. The van der Waals surface area contributed by atoms with Gasteiger partial charge in [-0.3, -0.25) is 10.1 Å². The summed E-state index contributed by atoms with van der Waals surface area (Å²) in [4.78, 5) is 19.2. The van der Waals surface area contributed by atoms with Gasteiger partial charge in [-0.25, -0.2) is 4.98 Å². The van der Waals surface area contributed by atoms with Crippen LogP contribution in [0.15, 0.2) is 42.5 Å². The lowest BCUT2D eigenvalue weighted by molar-refractivity contribution is -0.137. The summed E-state index contributed by atoms with van der Waals surface area (Å²) in [6, 6.07) is 9.78. The molecule has 2 N–H and O–H groups in total. The maximum atomic E-state index is 12.7. The van der Waals surface area contributed by atoms with Gasteiger partial charge in [0.2, 0.25) is 5.95 Å². The minimum absolute atomic E-state index is 0.0866. The lowest BCUT2D eigenvalue weighted by Crippen LogP contribution is -2.14. The molecule has 3 aromatic rings. The second-order valence-electron chi connectivity index (χ2n) is 5.14. The third kappa shape index (κ3) is 3.18. The van der Waals surface area contributed by atoms with Crippen molar-refractivity contribution < 1.29 is 18.0 Å². The molecule has 0 radical (unpaired) electrons. The zero-order valence-electron chi connectivity index (χ0n) is 12.0. The van der Waals surface area contributed by atoms with Crippen molar-refractivity contribution in [3.8, 4) is 0 Å². The number of nitrogens with one attached hydrogen (secondary N) is 2. The number of carbonyl (C=O) groups is 1. The molecule has 0 spiro atoms. The summed E-state index contributed by atoms with van der Waals surface area (Å²) in [5, 5.41) is 2.47. The number of hydrogen-bond acceptors (Lipinski definition) is 2. The number of fused-ring (bicyclic) bond motifs is 1. The minimum atomic E-state index is -4.49. The van der Waals surface area contributed by atoms with Crippen molar-refractivity contribution in [1.29, 1.82) is 0 Å². The van der Waals surface area contributed by atoms with Crippen molar-refractivity contribution in [3.05, 3.63) is 59.2 Å². The van der Waals surface area contributed by atoms with E-state index in [9.17, 15) is 18.0 Å². The number of anilines is 1. The van der Waals surface area contributed by atoms with Gasteiger partial charge in [-0.15, -0.1) is 0 Å². The van der Waals surface area contributed by atoms with Crippen molar-refractivity contribution >= 4 is 22.9 Å². The third-order valence-corrected chi connectivity index (χ3v) is 3.32. The number of benzene rings is 2. The number of nitrogens with zero attached hydrogens (tertiary/aromatic N) is 1. The molecule has 0 atom stereocenters. The fourth-order valence-corrected chi connectivity index (χ4v) is 2.19. The van der Waals surface area contributed by atoms with E-state index in [-0.39, 0.29) is 11.5 Å². The lowest BCUT2D eigenvalue weighted by Gasteiger charge is -2.08. The minimum Gasteiger partial charge on any atom is -0.324 e. The van der Waals surface area contributed by atoms with E-state index in [1.807, 2.05) is 25.1 Å². The Morgan fingerprint density at radius 3 is 2.70 bits per heavy atom. The van der Waals surface area contributed by atoms with Crippen molar-refractivity contribution in [2.24, 2.45) is 0 Å². The highest BCUT2D eigenvalue weighted by atomic mass is 19.4. The summed E-state index contributed by atoms with van der Waals surface area (Å²) in [5.74, 6) is -0.472. The molecule has 2 aromatic carbocycles. The van der Waals surface area contributed by atoms with Crippen molar-refractivity contribution in [2.45, 2.75) is 13.1 Å². The number of hydrogen-bond donors (Lipinski definition) is 2. The SMILES string of the molecule is Cc1ccc2[nH]c(NC(=O)c3cccc(C(F)(F)F)c3)nc2c1. The molecule has 0 saturated heterocycles. The summed E-state index contributed by atoms with van der Waals surface area (Å²) in [6.07, 6.45) is -4.49. The van der Waals surface area contributed by atoms with Crippen molar-refractivity contribution in [3.63, 3.8) is 0 Å². The Morgan fingerprint density at radius 1 is 1.17 bits per heavy atom. The van der Waals surface area contributed by atoms with E-state index in [1.54, 1.807) is 0 Å². The van der Waals surface area contributed by atoms with E-state index in [0.29, 0.717) is 5.52 Å². The second kappa shape index (κ2) is 5.42. The molecule has 1 aromatic heterocycles. The number of rotatable bonds is 2. The molecule has 118 valence electrons. The first-order valence-electron chi connectivity index (χ1n) is 6.78. The van der Waals surface area contributed by atoms with E-state index in [0.717, 1.165) is 23.2 Å². The van der Waals surface area contributed by atoms with E-state index in [1.165, 1.54) is 12.1 Å². The Morgan fingerprint density at radius 2 is 1.96 bits per heavy atom. The highest BCUT2D eigenvalue weighted by Gasteiger charge is 2.30. The van der Waals surface area contributed by atoms with Gasteiger partial charge in [0.1, 0.15) is 0 Å². The van der Waals surface area contributed by atoms with Crippen LogP contribution >= 0.6 is 0 Å². The molecule has 0 aliphatic heterocycles. The van der Waals surface area contributed by atoms with Crippen LogP contribution in [0.25, 0.3) is 11.0 Å². The van der Waals surface area contributed by atoms with Crippen LogP contribution in [0.5, 0.6) is 0 Å². The Bertz CT molecular complexity index is 884. The van der Waals surface area contributed by atoms with Gasteiger partial charge >= 0.3 is 6.18 Å². The van der Waals surface area contributed by atoms with Crippen LogP contribution in [-0.2, 0) is 6.18 Å². The number of alkyl halides is 3. The fraction of sp³-hybridized carbons (Fsp3) is 0.125. The van der Waals surface area contributed by atoms with E-state index in [2.05, 4.69) is 15.3 Å². The number of aromatic nitrogens is 2. The molecule has 1 amide bonds. The average Bonchev–Trinajstić information content (AvgIpc) is 2.87. The summed E-state index contributed by atoms with van der Waals surface area (Å²) < 4.78 is 38.1. The van der Waals surface area contributed by atoms with Gasteiger partial charge in [0.15, 0.2) is 0 Å². The zero-order chi connectivity index (χ0) is 16.6. The molecule has 7 heteroatoms. The molecule has 0 saturated carbocycles. The molecule has 0 bridgehead atoms. The maximum absolute atomic E-state index is 12.7. The lowest BCUT2D eigenvalue weighted by atomic mass is 10.1. The Hall–Kier alpha value is -2.83. The van der Waals surface area contributed by atoms with E-state index >= 15 is 0 Å². The van der Waals surface area contributed by atoms with Crippen LogP contribution in [0.2, 0.25) is 0 Å². The van der Waals surface area contributed by atoms with Gasteiger partial charge < -0.3 is 4.98 Å². The smallest absolute Gasteiger partial charge is 0.324 e. The number of aromatic amines is 1. The number of aryl methyl sites for hydroxylation is 1. The highest BCUT2D eigenvalue weighted by molar-refractivity contribution is 6.04. The van der Waals surface area contributed by atoms with E-state index in [4.69, 9.17) is 0 Å². The van der Waals surface area contributed by atoms with Gasteiger partial charge in [0.25, 0.3) is 5.91 Å². The summed E-state index contributed by atoms with van der Waals surface area (Å²) >= 11 is 0. The molecule has 0 fully saturated rings. The van der Waals surface area contributed by atoms with Gasteiger partial charge in [-0.05, 0) is 42.8 Å². The Labute approximate surface area is 129 Å². The normalized spacial score (nSPS) is 11.7. The molecule has 1 heterocycles. The van der Waals surface area contributed by atoms with Crippen molar-refractivity contribution in [2.75, 3.05) is 5.32 Å². The zero-order valence-corrected chi connectivity index (χ0v) is 12.0. The van der Waals surface area contributed by atoms with Gasteiger partial charge in [-0.1, -0.05) is 12.1 Å². The first kappa shape index (κ1) is 15.1. The molecular weight excluding hydrogens is 307 g/mol. The monoisotopic (exact) mass is 319 g/mol. The molecule has 23 heavy (non-hydrogen) atoms. The second-order valence-corrected chi connectivity index (χ2v) is 5.14. The Kier molecular flexibility index (Phi) is 3.55. The van der Waals surface area contributed by atoms with Crippen LogP contribution in [0.4, 0.5) is 19.1 Å². The van der Waals surface area contributed by atoms with Gasteiger partial charge in [0, 0.05) is 5.56 Å². The first-order chi connectivity index (χ1) is 10.8. The fourth-order valence-electron chi connectivity index (χ4n) is 2.19. The summed E-state index contributed by atoms with van der Waals surface area (Å²) in [5.41, 5.74) is 1.46. The molecule has 3 rings (SSSR count). The highest BCUT2D eigenvalue weighted by Crippen LogP contribution is 2.29. The summed E-state index contributed by atoms with van der Waals surface area (Å²) in [6.45, 7) is 1.91. The predicted octanol–water partition coefficient (Wildman–Crippen LogP) is 4.14. The van der Waals surface area contributed by atoms with Crippen LogP contribution in [0, 0.1) is 6.92 Å². The third-order valence-electron chi connectivity index (χ3n) is 3.32. The van der Waals surface area contributed by atoms with Gasteiger partial charge in [0.05, 0.1) is 16.6 Å². The number of halogens is 3. The topological polar surface area (TPSA) is 57.8 Å². The molecule has 0 aliphatic rings. The van der Waals surface area contributed by atoms with Crippen LogP contribution in [-0.4, -0.2) is 15.9 Å². The number of amides is 1. The van der Waals surface area contributed by atoms with Crippen molar-refractivity contribution in [1.82, 2.24) is 9.97 Å². The number of H-pyrrole nitrogens is 1. The molecule has 0 aliphatic carbocycles. The molecule has 0 unspecified atom stereocenters. The maximum Gasteiger partial charge on any atom is 0.416 e. The average molecular weight is 319 g/mol. The quantitative estimate of drug-likeness (QED) is 0.746. The van der Waals surface area contributed by atoms with Crippen LogP contribution in [0.3, 0.4) is 0 Å². The summed E-state index contributed by atoms with van der Waals surface area (Å²) in [7, 11) is 0. The number of imidazole rings is 1. The first-order valence-corrected chi connectivity index (χ1v) is 6.78. The number of carbonyl (C=O) groups excluding carboxylic acids is 1. The van der Waals surface area contributed by atoms with Crippen LogP contribution in [0.1, 0.15) is 21.5 Å². The standard InChI is InChI=1S/C16H12F3N3O/c1-9-5-6-12-13(7-9)21-15(20-12)22-14(23)10-3-2-4-11(8-10)16(17,18)19/h2-8H,1H3,(H2,20,21,22,23). The predicted molar refractivity (Wildman–Crippen MR) is 80.2 cm³/mol. The van der Waals surface area contributed by atoms with E-state index < -0.39 is 17.6 Å². The van der Waals surface area contributed by atoms with Gasteiger partial charge in [-0.2, -0.15) is 13.2 Å². The Balaban J connectivity index is 1.85. The molecule has 4 nitrogen and oxygen atoms in total. The van der Waals surface area contributed by atoms with Crippen LogP contribution < -0.4 is 5.32 Å².